The number of carbonyl (C=O) groups is 1. The number of anilines is 1. The SMILES string of the molecule is CCN/C=C\C(=N)S(N)(=O)=NC(=O)Nc1c(-c2ccncc2)ccc2c1CC2. The molecule has 8 nitrogen and oxygen atoms in total. The van der Waals surface area contributed by atoms with Crippen molar-refractivity contribution in [2.45, 2.75) is 19.8 Å². The van der Waals surface area contributed by atoms with Crippen molar-refractivity contribution in [1.29, 1.82) is 5.41 Å². The highest BCUT2D eigenvalue weighted by Gasteiger charge is 2.22. The van der Waals surface area contributed by atoms with Gasteiger partial charge < -0.3 is 10.6 Å². The quantitative estimate of drug-likeness (QED) is 0.455. The van der Waals surface area contributed by atoms with E-state index in [0.29, 0.717) is 12.2 Å². The van der Waals surface area contributed by atoms with Crippen LogP contribution in [0.25, 0.3) is 11.1 Å². The van der Waals surface area contributed by atoms with Gasteiger partial charge >= 0.3 is 6.03 Å². The number of nitrogens with zero attached hydrogens (tertiary/aromatic N) is 2. The van der Waals surface area contributed by atoms with E-state index < -0.39 is 21.0 Å². The molecule has 1 heterocycles. The smallest absolute Gasteiger partial charge is 0.354 e. The van der Waals surface area contributed by atoms with Gasteiger partial charge in [-0.25, -0.2) is 14.1 Å². The second kappa shape index (κ2) is 8.32. The van der Waals surface area contributed by atoms with Crippen LogP contribution in [0.1, 0.15) is 18.1 Å². The molecule has 5 N–H and O–H groups in total. The molecular weight excluding hydrogens is 376 g/mol. The molecule has 1 unspecified atom stereocenters. The molecule has 2 aromatic rings. The Bertz CT molecular complexity index is 1060. The van der Waals surface area contributed by atoms with Gasteiger partial charge in [0.2, 0.25) is 0 Å². The summed E-state index contributed by atoms with van der Waals surface area (Å²) < 4.78 is 16.0. The van der Waals surface area contributed by atoms with Crippen LogP contribution >= 0.6 is 0 Å². The molecule has 1 atom stereocenters. The van der Waals surface area contributed by atoms with Gasteiger partial charge in [-0.1, -0.05) is 12.1 Å². The molecule has 1 aliphatic carbocycles. The number of benzene rings is 1. The summed E-state index contributed by atoms with van der Waals surface area (Å²) in [6.07, 6.45) is 7.82. The average Bonchev–Trinajstić information content (AvgIpc) is 2.63. The second-order valence-corrected chi connectivity index (χ2v) is 7.97. The minimum absolute atomic E-state index is 0.431. The van der Waals surface area contributed by atoms with Gasteiger partial charge in [0, 0.05) is 24.5 Å². The van der Waals surface area contributed by atoms with Gasteiger partial charge in [0.25, 0.3) is 0 Å². The number of hydrogen-bond donors (Lipinski definition) is 4. The summed E-state index contributed by atoms with van der Waals surface area (Å²) in [5.74, 6) is 0. The van der Waals surface area contributed by atoms with Crippen LogP contribution in [-0.2, 0) is 22.8 Å². The van der Waals surface area contributed by atoms with E-state index in [-0.39, 0.29) is 0 Å². The summed E-state index contributed by atoms with van der Waals surface area (Å²) >= 11 is 0. The van der Waals surface area contributed by atoms with Crippen LogP contribution in [0.2, 0.25) is 0 Å². The molecule has 0 saturated heterocycles. The summed E-state index contributed by atoms with van der Waals surface area (Å²) in [5.41, 5.74) is 4.55. The maximum atomic E-state index is 12.4. The third-order valence-corrected chi connectivity index (χ3v) is 5.57. The van der Waals surface area contributed by atoms with Gasteiger partial charge in [-0.15, -0.1) is 4.36 Å². The zero-order valence-electron chi connectivity index (χ0n) is 15.4. The van der Waals surface area contributed by atoms with Crippen molar-refractivity contribution in [3.05, 3.63) is 60.1 Å². The number of rotatable bonds is 5. The molecule has 0 bridgehead atoms. The van der Waals surface area contributed by atoms with E-state index in [9.17, 15) is 9.00 Å². The van der Waals surface area contributed by atoms with Gasteiger partial charge in [-0.3, -0.25) is 10.4 Å². The number of urea groups is 1. The second-order valence-electron chi connectivity index (χ2n) is 6.21. The molecule has 146 valence electrons. The van der Waals surface area contributed by atoms with Gasteiger partial charge in [-0.05, 0) is 60.9 Å². The Balaban J connectivity index is 1.90. The maximum absolute atomic E-state index is 12.4. The third-order valence-electron chi connectivity index (χ3n) is 4.37. The van der Waals surface area contributed by atoms with E-state index >= 15 is 0 Å². The molecule has 0 aliphatic heterocycles. The predicted octanol–water partition coefficient (Wildman–Crippen LogP) is 2.82. The molecule has 1 aromatic heterocycles. The molecule has 0 radical (unpaired) electrons. The highest BCUT2D eigenvalue weighted by Crippen LogP contribution is 2.38. The van der Waals surface area contributed by atoms with E-state index in [1.807, 2.05) is 31.2 Å². The van der Waals surface area contributed by atoms with E-state index in [1.165, 1.54) is 12.3 Å². The van der Waals surface area contributed by atoms with Crippen LogP contribution in [0.3, 0.4) is 0 Å². The molecule has 0 saturated carbocycles. The lowest BCUT2D eigenvalue weighted by Crippen LogP contribution is -2.25. The van der Waals surface area contributed by atoms with Crippen molar-refractivity contribution in [3.8, 4) is 11.1 Å². The normalized spacial score (nSPS) is 14.5. The van der Waals surface area contributed by atoms with Crippen molar-refractivity contribution in [3.63, 3.8) is 0 Å². The van der Waals surface area contributed by atoms with Gasteiger partial charge in [0.15, 0.2) is 9.92 Å². The summed E-state index contributed by atoms with van der Waals surface area (Å²) in [5, 5.41) is 18.6. The van der Waals surface area contributed by atoms with E-state index in [2.05, 4.69) is 20.0 Å². The molecule has 9 heteroatoms. The van der Waals surface area contributed by atoms with E-state index in [1.54, 1.807) is 12.4 Å². The fourth-order valence-electron chi connectivity index (χ4n) is 2.86. The molecule has 3 rings (SSSR count). The minimum Gasteiger partial charge on any atom is -0.391 e. The Morgan fingerprint density at radius 3 is 2.71 bits per heavy atom. The van der Waals surface area contributed by atoms with Crippen LogP contribution in [0.5, 0.6) is 0 Å². The molecule has 1 aromatic carbocycles. The lowest BCUT2D eigenvalue weighted by molar-refractivity contribution is 0.260. The van der Waals surface area contributed by atoms with Gasteiger partial charge in [0.05, 0.1) is 5.69 Å². The fraction of sp³-hybridized carbons (Fsp3) is 0.211. The number of carbonyl (C=O) groups excluding carboxylic acids is 1. The topological polar surface area (TPSA) is 133 Å². The minimum atomic E-state index is -3.63. The third kappa shape index (κ3) is 4.26. The molecule has 28 heavy (non-hydrogen) atoms. The zero-order valence-corrected chi connectivity index (χ0v) is 16.3. The van der Waals surface area contributed by atoms with Crippen LogP contribution in [0.4, 0.5) is 10.5 Å². The largest absolute Gasteiger partial charge is 0.391 e. The number of amides is 2. The molecular formula is C19H22N6O2S. The zero-order chi connectivity index (χ0) is 20.1. The number of nitrogens with two attached hydrogens (primary N) is 1. The van der Waals surface area contributed by atoms with Crippen molar-refractivity contribution >= 4 is 26.7 Å². The molecule has 0 spiro atoms. The van der Waals surface area contributed by atoms with Crippen molar-refractivity contribution < 1.29 is 9.00 Å². The number of aryl methyl sites for hydroxylation is 1. The van der Waals surface area contributed by atoms with Crippen molar-refractivity contribution in [2.75, 3.05) is 11.9 Å². The van der Waals surface area contributed by atoms with Crippen molar-refractivity contribution in [2.24, 2.45) is 9.50 Å². The van der Waals surface area contributed by atoms with E-state index in [0.717, 1.165) is 35.1 Å². The Labute approximate surface area is 164 Å². The maximum Gasteiger partial charge on any atom is 0.354 e. The molecule has 1 aliphatic rings. The summed E-state index contributed by atoms with van der Waals surface area (Å²) in [6, 6.07) is 6.82. The first-order valence-corrected chi connectivity index (χ1v) is 10.4. The highest BCUT2D eigenvalue weighted by molar-refractivity contribution is 8.06. The van der Waals surface area contributed by atoms with Crippen LogP contribution in [0.15, 0.2) is 53.3 Å². The Morgan fingerprint density at radius 2 is 2.07 bits per heavy atom. The Morgan fingerprint density at radius 1 is 1.32 bits per heavy atom. The van der Waals surface area contributed by atoms with Gasteiger partial charge in [0.1, 0.15) is 5.04 Å². The van der Waals surface area contributed by atoms with Crippen molar-refractivity contribution in [1.82, 2.24) is 10.3 Å². The molecule has 2 amide bonds. The Kier molecular flexibility index (Phi) is 5.86. The average molecular weight is 398 g/mol. The lowest BCUT2D eigenvalue weighted by Gasteiger charge is -2.25. The summed E-state index contributed by atoms with van der Waals surface area (Å²) in [7, 11) is -3.63. The van der Waals surface area contributed by atoms with E-state index in [4.69, 9.17) is 10.5 Å². The monoisotopic (exact) mass is 398 g/mol. The first-order chi connectivity index (χ1) is 13.4. The number of pyridine rings is 1. The highest BCUT2D eigenvalue weighted by atomic mass is 32.2. The number of nitrogens with one attached hydrogen (secondary N) is 3. The van der Waals surface area contributed by atoms with Gasteiger partial charge in [-0.2, -0.15) is 0 Å². The fourth-order valence-corrected chi connectivity index (χ4v) is 3.51. The predicted molar refractivity (Wildman–Crippen MR) is 111 cm³/mol. The molecule has 0 fully saturated rings. The standard InChI is InChI=1S/C19H22N6O2S/c1-2-22-12-9-17(20)28(21,27)25-19(26)24-18-15-5-3-13(15)4-6-16(18)14-7-10-23-11-8-14/h4,6-12,20,22H,2-3,5H2,1H3,(H3,21,24,25,26,27)/b12-9-,20-17?. The van der Waals surface area contributed by atoms with Crippen LogP contribution < -0.4 is 15.8 Å². The lowest BCUT2D eigenvalue weighted by atomic mass is 9.84. The van der Waals surface area contributed by atoms with Crippen LogP contribution in [0, 0.1) is 5.41 Å². The number of hydrogen-bond acceptors (Lipinski definition) is 5. The first kappa shape index (κ1) is 19.7. The first-order valence-electron chi connectivity index (χ1n) is 8.82. The van der Waals surface area contributed by atoms with Crippen LogP contribution in [-0.4, -0.2) is 26.8 Å². The number of fused-ring (bicyclic) bond motifs is 1. The number of aromatic nitrogens is 1. The summed E-state index contributed by atoms with van der Waals surface area (Å²) in [6.45, 7) is 2.52. The Hall–Kier alpha value is -3.04. The summed E-state index contributed by atoms with van der Waals surface area (Å²) in [4.78, 5) is 16.5.